The minimum Gasteiger partial charge on any atom is -0.379 e. The molecule has 0 atom stereocenters. The zero-order chi connectivity index (χ0) is 15.5. The van der Waals surface area contributed by atoms with Crippen LogP contribution < -0.4 is 5.32 Å². The summed E-state index contributed by atoms with van der Waals surface area (Å²) in [6.45, 7) is 0.0799. The lowest BCUT2D eigenvalue weighted by atomic mass is 10.1. The first kappa shape index (κ1) is 15.2. The van der Waals surface area contributed by atoms with Gasteiger partial charge in [-0.2, -0.15) is 18.4 Å². The molecule has 0 amide bonds. The highest BCUT2D eigenvalue weighted by molar-refractivity contribution is 6.33. The summed E-state index contributed by atoms with van der Waals surface area (Å²) in [4.78, 5) is 0. The molecule has 0 saturated heterocycles. The molecular formula is C15H10ClF3N2. The molecule has 2 nitrogen and oxygen atoms in total. The Balaban J connectivity index is 2.31. The average Bonchev–Trinajstić information content (AvgIpc) is 2.45. The highest BCUT2D eigenvalue weighted by atomic mass is 35.5. The Kier molecular flexibility index (Phi) is 4.39. The maximum absolute atomic E-state index is 12.9. The van der Waals surface area contributed by atoms with Crippen LogP contribution in [0.5, 0.6) is 0 Å². The summed E-state index contributed by atoms with van der Waals surface area (Å²) >= 11 is 5.85. The van der Waals surface area contributed by atoms with Crippen LogP contribution in [-0.4, -0.2) is 0 Å². The summed E-state index contributed by atoms with van der Waals surface area (Å²) in [5, 5.41) is 11.6. The molecule has 2 aromatic carbocycles. The van der Waals surface area contributed by atoms with Crippen LogP contribution in [0.15, 0.2) is 42.5 Å². The van der Waals surface area contributed by atoms with Gasteiger partial charge in [0.05, 0.1) is 27.9 Å². The van der Waals surface area contributed by atoms with Crippen molar-refractivity contribution in [3.8, 4) is 6.07 Å². The number of hydrogen-bond acceptors (Lipinski definition) is 2. The Morgan fingerprint density at radius 2 is 1.81 bits per heavy atom. The Morgan fingerprint density at radius 1 is 1.10 bits per heavy atom. The molecule has 0 radical (unpaired) electrons. The zero-order valence-electron chi connectivity index (χ0n) is 10.7. The van der Waals surface area contributed by atoms with Gasteiger partial charge in [-0.1, -0.05) is 35.9 Å². The van der Waals surface area contributed by atoms with Gasteiger partial charge in [-0.25, -0.2) is 0 Å². The summed E-state index contributed by atoms with van der Waals surface area (Å²) in [6, 6.07) is 12.3. The molecule has 0 unspecified atom stereocenters. The molecule has 0 aliphatic heterocycles. The van der Waals surface area contributed by atoms with E-state index in [4.69, 9.17) is 16.9 Å². The van der Waals surface area contributed by atoms with Crippen molar-refractivity contribution in [2.24, 2.45) is 0 Å². The van der Waals surface area contributed by atoms with Crippen LogP contribution in [-0.2, 0) is 12.7 Å². The third kappa shape index (κ3) is 3.47. The lowest BCUT2D eigenvalue weighted by Crippen LogP contribution is -2.11. The predicted octanol–water partition coefficient (Wildman–Crippen LogP) is 4.84. The van der Waals surface area contributed by atoms with Crippen molar-refractivity contribution in [3.05, 3.63) is 64.2 Å². The molecule has 108 valence electrons. The van der Waals surface area contributed by atoms with Crippen LogP contribution in [0.25, 0.3) is 0 Å². The van der Waals surface area contributed by atoms with E-state index >= 15 is 0 Å². The van der Waals surface area contributed by atoms with Gasteiger partial charge in [0.25, 0.3) is 0 Å². The number of hydrogen-bond donors (Lipinski definition) is 1. The number of anilines is 1. The lowest BCUT2D eigenvalue weighted by molar-refractivity contribution is -0.136. The van der Waals surface area contributed by atoms with Crippen LogP contribution in [0.1, 0.15) is 16.7 Å². The van der Waals surface area contributed by atoms with Gasteiger partial charge in [0.15, 0.2) is 0 Å². The van der Waals surface area contributed by atoms with Crippen LogP contribution in [0.3, 0.4) is 0 Å². The molecule has 0 aromatic heterocycles. The van der Waals surface area contributed by atoms with Crippen LogP contribution in [0.4, 0.5) is 18.9 Å². The minimum atomic E-state index is -4.50. The van der Waals surface area contributed by atoms with Crippen molar-refractivity contribution >= 4 is 17.3 Å². The van der Waals surface area contributed by atoms with Gasteiger partial charge < -0.3 is 5.32 Å². The van der Waals surface area contributed by atoms with Crippen molar-refractivity contribution < 1.29 is 13.2 Å². The van der Waals surface area contributed by atoms with E-state index in [0.29, 0.717) is 11.1 Å². The topological polar surface area (TPSA) is 35.8 Å². The van der Waals surface area contributed by atoms with Crippen LogP contribution in [0, 0.1) is 11.3 Å². The standard InChI is InChI=1S/C15H10ClF3N2/c16-13-7-3-6-12(15(17,18)19)14(13)21-9-11-5-2-1-4-10(11)8-20/h1-7,21H,9H2. The van der Waals surface area contributed by atoms with Crippen LogP contribution >= 0.6 is 11.6 Å². The summed E-state index contributed by atoms with van der Waals surface area (Å²) < 4.78 is 38.8. The lowest BCUT2D eigenvalue weighted by Gasteiger charge is -2.16. The van der Waals surface area contributed by atoms with E-state index in [2.05, 4.69) is 5.32 Å². The molecule has 0 aliphatic carbocycles. The fourth-order valence-electron chi connectivity index (χ4n) is 1.91. The van der Waals surface area contributed by atoms with Crippen LogP contribution in [0.2, 0.25) is 5.02 Å². The molecule has 1 N–H and O–H groups in total. The second kappa shape index (κ2) is 6.06. The highest BCUT2D eigenvalue weighted by Crippen LogP contribution is 2.38. The van der Waals surface area contributed by atoms with Crippen molar-refractivity contribution in [3.63, 3.8) is 0 Å². The van der Waals surface area contributed by atoms with Gasteiger partial charge in [0.2, 0.25) is 0 Å². The molecular weight excluding hydrogens is 301 g/mol. The van der Waals surface area contributed by atoms with Gasteiger partial charge in [0.1, 0.15) is 0 Å². The molecule has 0 heterocycles. The smallest absolute Gasteiger partial charge is 0.379 e. The molecule has 0 spiro atoms. The second-order valence-electron chi connectivity index (χ2n) is 4.28. The number of para-hydroxylation sites is 1. The van der Waals surface area contributed by atoms with Gasteiger partial charge in [-0.3, -0.25) is 0 Å². The number of nitriles is 1. The molecule has 6 heteroatoms. The van der Waals surface area contributed by atoms with Crippen molar-refractivity contribution in [2.45, 2.75) is 12.7 Å². The largest absolute Gasteiger partial charge is 0.418 e. The number of nitrogens with zero attached hydrogens (tertiary/aromatic N) is 1. The fraction of sp³-hybridized carbons (Fsp3) is 0.133. The van der Waals surface area contributed by atoms with Gasteiger partial charge in [-0.05, 0) is 23.8 Å². The molecule has 2 aromatic rings. The first-order chi connectivity index (χ1) is 9.93. The summed E-state index contributed by atoms with van der Waals surface area (Å²) in [6.07, 6.45) is -4.50. The first-order valence-electron chi connectivity index (χ1n) is 6.01. The van der Waals surface area contributed by atoms with E-state index in [9.17, 15) is 13.2 Å². The highest BCUT2D eigenvalue weighted by Gasteiger charge is 2.34. The Bertz CT molecular complexity index is 690. The third-order valence-electron chi connectivity index (χ3n) is 2.91. The SMILES string of the molecule is N#Cc1ccccc1CNc1c(Cl)cccc1C(F)(F)F. The summed E-state index contributed by atoms with van der Waals surface area (Å²) in [5.74, 6) is 0. The van der Waals surface area contributed by atoms with Crippen molar-refractivity contribution in [2.75, 3.05) is 5.32 Å². The zero-order valence-corrected chi connectivity index (χ0v) is 11.5. The third-order valence-corrected chi connectivity index (χ3v) is 3.23. The molecule has 0 aliphatic rings. The number of alkyl halides is 3. The molecule has 21 heavy (non-hydrogen) atoms. The quantitative estimate of drug-likeness (QED) is 0.880. The second-order valence-corrected chi connectivity index (χ2v) is 4.69. The van der Waals surface area contributed by atoms with E-state index in [0.717, 1.165) is 6.07 Å². The number of benzene rings is 2. The van der Waals surface area contributed by atoms with E-state index in [1.165, 1.54) is 12.1 Å². The van der Waals surface area contributed by atoms with E-state index < -0.39 is 11.7 Å². The number of rotatable bonds is 3. The molecule has 2 rings (SSSR count). The van der Waals surface area contributed by atoms with Gasteiger partial charge in [-0.15, -0.1) is 0 Å². The van der Waals surface area contributed by atoms with Gasteiger partial charge in [0, 0.05) is 6.54 Å². The van der Waals surface area contributed by atoms with Crippen molar-refractivity contribution in [1.82, 2.24) is 0 Å². The molecule has 0 saturated carbocycles. The normalized spacial score (nSPS) is 11.0. The first-order valence-corrected chi connectivity index (χ1v) is 6.39. The molecule has 0 bridgehead atoms. The predicted molar refractivity (Wildman–Crippen MR) is 74.9 cm³/mol. The number of nitrogens with one attached hydrogen (secondary N) is 1. The fourth-order valence-corrected chi connectivity index (χ4v) is 2.15. The van der Waals surface area contributed by atoms with Gasteiger partial charge >= 0.3 is 6.18 Å². The maximum Gasteiger partial charge on any atom is 0.418 e. The minimum absolute atomic E-state index is 0.0146. The maximum atomic E-state index is 12.9. The number of halogens is 4. The van der Waals surface area contributed by atoms with E-state index in [1.807, 2.05) is 6.07 Å². The Labute approximate surface area is 124 Å². The Hall–Kier alpha value is -2.19. The van der Waals surface area contributed by atoms with E-state index in [1.54, 1.807) is 24.3 Å². The summed E-state index contributed by atoms with van der Waals surface area (Å²) in [5.41, 5.74) is 0.00232. The molecule has 0 fully saturated rings. The summed E-state index contributed by atoms with van der Waals surface area (Å²) in [7, 11) is 0. The van der Waals surface area contributed by atoms with Crippen molar-refractivity contribution in [1.29, 1.82) is 5.26 Å². The Morgan fingerprint density at radius 3 is 2.48 bits per heavy atom. The van der Waals surface area contributed by atoms with E-state index in [-0.39, 0.29) is 17.3 Å². The monoisotopic (exact) mass is 310 g/mol. The average molecular weight is 311 g/mol.